The Balaban J connectivity index is 1.95. The number of carbonyl (C=O) groups excluding carboxylic acids is 2. The third-order valence-corrected chi connectivity index (χ3v) is 4.68. The van der Waals surface area contributed by atoms with Gasteiger partial charge in [-0.1, -0.05) is 19.3 Å². The first kappa shape index (κ1) is 18.9. The van der Waals surface area contributed by atoms with Crippen molar-refractivity contribution in [3.8, 4) is 6.07 Å². The zero-order chi connectivity index (χ0) is 18.4. The maximum absolute atomic E-state index is 12.0. The van der Waals surface area contributed by atoms with Crippen LogP contribution in [0.1, 0.15) is 42.5 Å². The number of esters is 1. The number of benzene rings is 1. The van der Waals surface area contributed by atoms with Crippen LogP contribution in [-0.2, 0) is 9.53 Å². The summed E-state index contributed by atoms with van der Waals surface area (Å²) in [7, 11) is 0. The second-order valence-electron chi connectivity index (χ2n) is 5.80. The summed E-state index contributed by atoms with van der Waals surface area (Å²) in [6, 6.07) is 5.93. The number of halogens is 1. The molecule has 1 aromatic rings. The normalized spacial score (nSPS) is 15.7. The smallest absolute Gasteiger partial charge is 0.338 e. The fourth-order valence-electron chi connectivity index (χ4n) is 2.72. The van der Waals surface area contributed by atoms with E-state index in [-0.39, 0.29) is 15.7 Å². The quantitative estimate of drug-likeness (QED) is 0.453. The topological polar surface area (TPSA) is 122 Å². The number of rotatable bonds is 5. The van der Waals surface area contributed by atoms with Gasteiger partial charge in [-0.2, -0.15) is 5.26 Å². The predicted molar refractivity (Wildman–Crippen MR) is 90.7 cm³/mol. The van der Waals surface area contributed by atoms with Gasteiger partial charge in [0, 0.05) is 6.07 Å². The Bertz CT molecular complexity index is 738. The fourth-order valence-corrected chi connectivity index (χ4v) is 3.11. The Morgan fingerprint density at radius 3 is 2.64 bits per heavy atom. The van der Waals surface area contributed by atoms with Crippen LogP contribution in [0.2, 0.25) is 0 Å². The van der Waals surface area contributed by atoms with Crippen LogP contribution in [0.5, 0.6) is 0 Å². The van der Waals surface area contributed by atoms with Crippen LogP contribution in [0.25, 0.3) is 0 Å². The Labute approximate surface area is 152 Å². The molecule has 0 heterocycles. The average molecular weight is 410 g/mol. The molecule has 0 radical (unpaired) electrons. The summed E-state index contributed by atoms with van der Waals surface area (Å²) >= 11 is 3.02. The van der Waals surface area contributed by atoms with E-state index in [0.29, 0.717) is 12.8 Å². The molecule has 1 amide bonds. The maximum Gasteiger partial charge on any atom is 0.338 e. The lowest BCUT2D eigenvalue weighted by Crippen LogP contribution is -2.50. The third kappa shape index (κ3) is 4.76. The van der Waals surface area contributed by atoms with Crippen LogP contribution in [0.3, 0.4) is 0 Å². The lowest BCUT2D eigenvalue weighted by atomic mass is 9.83. The molecule has 0 spiro atoms. The third-order valence-electron chi connectivity index (χ3n) is 4.01. The number of nitrogens with one attached hydrogen (secondary N) is 1. The molecule has 2 rings (SSSR count). The first-order chi connectivity index (χ1) is 11.9. The molecule has 1 aromatic carbocycles. The number of amides is 1. The summed E-state index contributed by atoms with van der Waals surface area (Å²) in [5.74, 6) is -1.41. The zero-order valence-corrected chi connectivity index (χ0v) is 14.9. The summed E-state index contributed by atoms with van der Waals surface area (Å²) in [5.41, 5.74) is -1.21. The van der Waals surface area contributed by atoms with E-state index in [1.807, 2.05) is 0 Å². The molecule has 0 unspecified atom stereocenters. The van der Waals surface area contributed by atoms with E-state index in [4.69, 9.17) is 4.74 Å². The van der Waals surface area contributed by atoms with Crippen molar-refractivity contribution >= 4 is 33.5 Å². The summed E-state index contributed by atoms with van der Waals surface area (Å²) in [4.78, 5) is 34.2. The molecule has 1 saturated carbocycles. The van der Waals surface area contributed by atoms with E-state index in [1.54, 1.807) is 0 Å². The van der Waals surface area contributed by atoms with Gasteiger partial charge in [-0.3, -0.25) is 14.9 Å². The second-order valence-corrected chi connectivity index (χ2v) is 6.66. The van der Waals surface area contributed by atoms with Gasteiger partial charge in [-0.15, -0.1) is 0 Å². The molecule has 0 saturated heterocycles. The molecule has 9 heteroatoms. The van der Waals surface area contributed by atoms with E-state index >= 15 is 0 Å². The average Bonchev–Trinajstić information content (AvgIpc) is 2.60. The molecule has 8 nitrogen and oxygen atoms in total. The molecular weight excluding hydrogens is 394 g/mol. The van der Waals surface area contributed by atoms with Crippen LogP contribution in [-0.4, -0.2) is 28.9 Å². The number of hydrogen-bond acceptors (Lipinski definition) is 6. The number of nitro benzene ring substituents is 1. The van der Waals surface area contributed by atoms with Crippen LogP contribution >= 0.6 is 15.9 Å². The van der Waals surface area contributed by atoms with Gasteiger partial charge in [0.15, 0.2) is 6.61 Å². The van der Waals surface area contributed by atoms with Gasteiger partial charge in [0.1, 0.15) is 5.54 Å². The molecule has 25 heavy (non-hydrogen) atoms. The molecule has 0 aliphatic heterocycles. The first-order valence-corrected chi connectivity index (χ1v) is 8.49. The van der Waals surface area contributed by atoms with E-state index < -0.39 is 28.9 Å². The summed E-state index contributed by atoms with van der Waals surface area (Å²) in [6.07, 6.45) is 3.88. The van der Waals surface area contributed by atoms with Crippen molar-refractivity contribution in [2.45, 2.75) is 37.6 Å². The minimum Gasteiger partial charge on any atom is -0.452 e. The summed E-state index contributed by atoms with van der Waals surface area (Å²) < 4.78 is 5.13. The van der Waals surface area contributed by atoms with Crippen molar-refractivity contribution < 1.29 is 19.2 Å². The molecule has 0 atom stereocenters. The minimum atomic E-state index is -0.905. The van der Waals surface area contributed by atoms with Crippen molar-refractivity contribution in [3.05, 3.63) is 38.3 Å². The number of nitro groups is 1. The maximum atomic E-state index is 12.0. The predicted octanol–water partition coefficient (Wildman–Crippen LogP) is 2.86. The fraction of sp³-hybridized carbons (Fsp3) is 0.438. The Morgan fingerprint density at radius 1 is 1.36 bits per heavy atom. The largest absolute Gasteiger partial charge is 0.452 e. The van der Waals surface area contributed by atoms with Crippen LogP contribution in [0.4, 0.5) is 5.69 Å². The molecule has 0 aromatic heterocycles. The van der Waals surface area contributed by atoms with Crippen molar-refractivity contribution in [1.82, 2.24) is 5.32 Å². The highest BCUT2D eigenvalue weighted by molar-refractivity contribution is 9.10. The van der Waals surface area contributed by atoms with E-state index in [9.17, 15) is 25.0 Å². The Morgan fingerprint density at radius 2 is 2.04 bits per heavy atom. The van der Waals surface area contributed by atoms with Crippen LogP contribution < -0.4 is 5.32 Å². The molecule has 1 N–H and O–H groups in total. The number of nitriles is 1. The van der Waals surface area contributed by atoms with Crippen LogP contribution in [0.15, 0.2) is 22.7 Å². The van der Waals surface area contributed by atoms with Gasteiger partial charge < -0.3 is 10.1 Å². The zero-order valence-electron chi connectivity index (χ0n) is 13.3. The lowest BCUT2D eigenvalue weighted by Gasteiger charge is -2.31. The standard InChI is InChI=1S/C16H16BrN3O5/c17-12-5-4-11(8-13(12)20(23)24)15(22)25-9-14(21)19-16(10-18)6-2-1-3-7-16/h4-5,8H,1-3,6-7,9H2,(H,19,21). The van der Waals surface area contributed by atoms with E-state index in [2.05, 4.69) is 27.3 Å². The van der Waals surface area contributed by atoms with Gasteiger partial charge in [0.2, 0.25) is 0 Å². The lowest BCUT2D eigenvalue weighted by molar-refractivity contribution is -0.385. The van der Waals surface area contributed by atoms with Crippen molar-refractivity contribution in [1.29, 1.82) is 5.26 Å². The highest BCUT2D eigenvalue weighted by atomic mass is 79.9. The SMILES string of the molecule is N#CC1(NC(=O)COC(=O)c2ccc(Br)c([N+](=O)[O-])c2)CCCCC1. The molecular formula is C16H16BrN3O5. The molecule has 1 aliphatic carbocycles. The van der Waals surface area contributed by atoms with Gasteiger partial charge in [0.25, 0.3) is 11.6 Å². The number of carbonyl (C=O) groups is 2. The molecule has 1 fully saturated rings. The first-order valence-electron chi connectivity index (χ1n) is 7.70. The van der Waals surface area contributed by atoms with E-state index in [0.717, 1.165) is 25.3 Å². The van der Waals surface area contributed by atoms with E-state index in [1.165, 1.54) is 12.1 Å². The number of ether oxygens (including phenoxy) is 1. The minimum absolute atomic E-state index is 0.0321. The summed E-state index contributed by atoms with van der Waals surface area (Å²) in [6.45, 7) is -0.549. The van der Waals surface area contributed by atoms with Crippen molar-refractivity contribution in [2.24, 2.45) is 0 Å². The van der Waals surface area contributed by atoms with Gasteiger partial charge in [0.05, 0.1) is 21.0 Å². The number of nitrogens with zero attached hydrogens (tertiary/aromatic N) is 2. The molecule has 132 valence electrons. The monoisotopic (exact) mass is 409 g/mol. The summed E-state index contributed by atoms with van der Waals surface area (Å²) in [5, 5.41) is 22.8. The van der Waals surface area contributed by atoms with Crippen LogP contribution in [0, 0.1) is 21.4 Å². The highest BCUT2D eigenvalue weighted by Crippen LogP contribution is 2.28. The van der Waals surface area contributed by atoms with Gasteiger partial charge in [-0.05, 0) is 40.9 Å². The molecule has 1 aliphatic rings. The highest BCUT2D eigenvalue weighted by Gasteiger charge is 2.33. The second kappa shape index (κ2) is 8.07. The van der Waals surface area contributed by atoms with Crippen molar-refractivity contribution in [3.63, 3.8) is 0 Å². The number of hydrogen-bond donors (Lipinski definition) is 1. The molecule has 0 bridgehead atoms. The Hall–Kier alpha value is -2.47. The Kier molecular flexibility index (Phi) is 6.09. The van der Waals surface area contributed by atoms with Crippen molar-refractivity contribution in [2.75, 3.05) is 6.61 Å². The van der Waals surface area contributed by atoms with Gasteiger partial charge >= 0.3 is 5.97 Å². The van der Waals surface area contributed by atoms with Gasteiger partial charge in [-0.25, -0.2) is 4.79 Å².